The lowest BCUT2D eigenvalue weighted by Crippen LogP contribution is -2.51. The monoisotopic (exact) mass is 300 g/mol. The van der Waals surface area contributed by atoms with Gasteiger partial charge in [-0.05, 0) is 58.5 Å². The summed E-state index contributed by atoms with van der Waals surface area (Å²) < 4.78 is 39.8. The summed E-state index contributed by atoms with van der Waals surface area (Å²) in [6.07, 6.45) is -2.10. The molecule has 0 radical (unpaired) electrons. The van der Waals surface area contributed by atoms with Crippen LogP contribution in [0.5, 0.6) is 0 Å². The zero-order valence-corrected chi connectivity index (χ0v) is 12.8. The molecule has 1 heterocycles. The first kappa shape index (κ1) is 16.3. The summed E-state index contributed by atoms with van der Waals surface area (Å²) in [4.78, 5) is 2.28. The Morgan fingerprint density at radius 2 is 1.67 bits per heavy atom. The van der Waals surface area contributed by atoms with Crippen LogP contribution in [-0.2, 0) is 6.18 Å². The van der Waals surface area contributed by atoms with Crippen molar-refractivity contribution in [3.63, 3.8) is 0 Å². The number of hydrogen-bond donors (Lipinski definition) is 1. The van der Waals surface area contributed by atoms with Gasteiger partial charge in [0, 0.05) is 5.54 Å². The van der Waals surface area contributed by atoms with Crippen LogP contribution >= 0.6 is 0 Å². The molecule has 2 nitrogen and oxygen atoms in total. The van der Waals surface area contributed by atoms with E-state index < -0.39 is 11.7 Å². The Hall–Kier alpha value is -1.07. The third-order valence-electron chi connectivity index (χ3n) is 4.49. The summed E-state index contributed by atoms with van der Waals surface area (Å²) in [5.74, 6) is 0. The second-order valence-electron chi connectivity index (χ2n) is 6.15. The van der Waals surface area contributed by atoms with Crippen LogP contribution in [0.3, 0.4) is 0 Å². The van der Waals surface area contributed by atoms with Gasteiger partial charge in [-0.25, -0.2) is 0 Å². The molecule has 2 rings (SSSR count). The van der Waals surface area contributed by atoms with Gasteiger partial charge in [-0.1, -0.05) is 18.2 Å². The van der Waals surface area contributed by atoms with Crippen molar-refractivity contribution in [3.8, 4) is 0 Å². The maximum Gasteiger partial charge on any atom is 0.416 e. The third kappa shape index (κ3) is 3.24. The average Bonchev–Trinajstić information content (AvgIpc) is 2.93. The van der Waals surface area contributed by atoms with Crippen molar-refractivity contribution >= 4 is 0 Å². The molecule has 0 aliphatic carbocycles. The molecule has 5 heteroatoms. The van der Waals surface area contributed by atoms with Crippen molar-refractivity contribution in [1.29, 1.82) is 0 Å². The number of halogens is 3. The van der Waals surface area contributed by atoms with Gasteiger partial charge in [-0.2, -0.15) is 13.2 Å². The Morgan fingerprint density at radius 3 is 2.19 bits per heavy atom. The van der Waals surface area contributed by atoms with E-state index in [1.165, 1.54) is 12.1 Å². The molecule has 0 spiro atoms. The number of likely N-dealkylation sites (tertiary alicyclic amines) is 1. The van der Waals surface area contributed by atoms with Crippen molar-refractivity contribution in [2.75, 3.05) is 20.1 Å². The molecule has 1 N–H and O–H groups in total. The second-order valence-corrected chi connectivity index (χ2v) is 6.15. The van der Waals surface area contributed by atoms with Crippen LogP contribution < -0.4 is 5.32 Å². The predicted octanol–water partition coefficient (Wildman–Crippen LogP) is 3.84. The third-order valence-corrected chi connectivity index (χ3v) is 4.49. The van der Waals surface area contributed by atoms with Crippen LogP contribution in [0.4, 0.5) is 13.2 Å². The molecule has 1 aliphatic rings. The minimum absolute atomic E-state index is 0.324. The smallest absolute Gasteiger partial charge is 0.311 e. The standard InChI is InChI=1S/C16H23F3N2/c1-15(2,21-10-6-7-11-21)14(20-3)12-8-4-5-9-13(12)16(17,18)19/h4-5,8-9,14,20H,6-7,10-11H2,1-3H3. The van der Waals surface area contributed by atoms with Crippen LogP contribution in [0.15, 0.2) is 24.3 Å². The molecule has 1 aliphatic heterocycles. The fraction of sp³-hybridized carbons (Fsp3) is 0.625. The van der Waals surface area contributed by atoms with Crippen molar-refractivity contribution in [2.24, 2.45) is 0 Å². The van der Waals surface area contributed by atoms with Gasteiger partial charge in [0.2, 0.25) is 0 Å². The van der Waals surface area contributed by atoms with E-state index in [4.69, 9.17) is 0 Å². The van der Waals surface area contributed by atoms with Gasteiger partial charge >= 0.3 is 6.18 Å². The number of hydrogen-bond acceptors (Lipinski definition) is 2. The zero-order valence-electron chi connectivity index (χ0n) is 12.8. The van der Waals surface area contributed by atoms with E-state index in [2.05, 4.69) is 10.2 Å². The van der Waals surface area contributed by atoms with Crippen molar-refractivity contribution in [1.82, 2.24) is 10.2 Å². The van der Waals surface area contributed by atoms with Crippen LogP contribution in [0.1, 0.15) is 43.9 Å². The Morgan fingerprint density at radius 1 is 1.10 bits per heavy atom. The lowest BCUT2D eigenvalue weighted by molar-refractivity contribution is -0.138. The highest BCUT2D eigenvalue weighted by molar-refractivity contribution is 5.34. The zero-order chi connectivity index (χ0) is 15.7. The first-order chi connectivity index (χ1) is 9.78. The van der Waals surface area contributed by atoms with Crippen LogP contribution in [-0.4, -0.2) is 30.6 Å². The maximum atomic E-state index is 13.3. The fourth-order valence-electron chi connectivity index (χ4n) is 3.37. The summed E-state index contributed by atoms with van der Waals surface area (Å²) in [7, 11) is 1.73. The second kappa shape index (κ2) is 5.97. The molecule has 1 saturated heterocycles. The molecule has 0 saturated carbocycles. The molecule has 0 aromatic heterocycles. The number of benzene rings is 1. The Labute approximate surface area is 124 Å². The van der Waals surface area contributed by atoms with Crippen LogP contribution in [0.25, 0.3) is 0 Å². The van der Waals surface area contributed by atoms with Gasteiger partial charge in [0.1, 0.15) is 0 Å². The Balaban J connectivity index is 2.42. The molecule has 1 atom stereocenters. The molecule has 0 amide bonds. The minimum atomic E-state index is -4.33. The van der Waals surface area contributed by atoms with Crippen molar-refractivity contribution < 1.29 is 13.2 Å². The Kier molecular flexibility index (Phi) is 4.63. The van der Waals surface area contributed by atoms with E-state index in [1.54, 1.807) is 19.2 Å². The highest BCUT2D eigenvalue weighted by Gasteiger charge is 2.41. The summed E-state index contributed by atoms with van der Waals surface area (Å²) in [5, 5.41) is 3.11. The van der Waals surface area contributed by atoms with Crippen LogP contribution in [0.2, 0.25) is 0 Å². The lowest BCUT2D eigenvalue weighted by atomic mass is 9.84. The van der Waals surface area contributed by atoms with E-state index in [1.807, 2.05) is 13.8 Å². The topological polar surface area (TPSA) is 15.3 Å². The van der Waals surface area contributed by atoms with E-state index in [0.29, 0.717) is 5.56 Å². The molecule has 1 aromatic carbocycles. The predicted molar refractivity (Wildman–Crippen MR) is 78.1 cm³/mol. The van der Waals surface area contributed by atoms with Crippen molar-refractivity contribution in [2.45, 2.75) is 44.4 Å². The van der Waals surface area contributed by atoms with E-state index in [0.717, 1.165) is 25.9 Å². The normalized spacial score (nSPS) is 19.0. The first-order valence-corrected chi connectivity index (χ1v) is 7.37. The van der Waals surface area contributed by atoms with Crippen LogP contribution in [0, 0.1) is 0 Å². The van der Waals surface area contributed by atoms with Crippen molar-refractivity contribution in [3.05, 3.63) is 35.4 Å². The summed E-state index contributed by atoms with van der Waals surface area (Å²) >= 11 is 0. The van der Waals surface area contributed by atoms with E-state index in [-0.39, 0.29) is 11.6 Å². The molecule has 1 aromatic rings. The number of alkyl halides is 3. The molecule has 118 valence electrons. The molecular formula is C16H23F3N2. The van der Waals surface area contributed by atoms with E-state index in [9.17, 15) is 13.2 Å². The highest BCUT2D eigenvalue weighted by Crippen LogP contribution is 2.40. The van der Waals surface area contributed by atoms with E-state index >= 15 is 0 Å². The average molecular weight is 300 g/mol. The molecule has 1 unspecified atom stereocenters. The summed E-state index contributed by atoms with van der Waals surface area (Å²) in [5.41, 5.74) is -0.590. The minimum Gasteiger partial charge on any atom is -0.311 e. The Bertz CT molecular complexity index is 477. The number of rotatable bonds is 4. The van der Waals surface area contributed by atoms with Gasteiger partial charge in [-0.15, -0.1) is 0 Å². The van der Waals surface area contributed by atoms with Gasteiger partial charge in [0.05, 0.1) is 11.6 Å². The number of likely N-dealkylation sites (N-methyl/N-ethyl adjacent to an activating group) is 1. The highest BCUT2D eigenvalue weighted by atomic mass is 19.4. The first-order valence-electron chi connectivity index (χ1n) is 7.37. The quantitative estimate of drug-likeness (QED) is 0.909. The molecule has 21 heavy (non-hydrogen) atoms. The van der Waals surface area contributed by atoms with Gasteiger partial charge < -0.3 is 5.32 Å². The van der Waals surface area contributed by atoms with Gasteiger partial charge in [-0.3, -0.25) is 4.90 Å². The largest absolute Gasteiger partial charge is 0.416 e. The maximum absolute atomic E-state index is 13.3. The van der Waals surface area contributed by atoms with Gasteiger partial charge in [0.15, 0.2) is 0 Å². The lowest BCUT2D eigenvalue weighted by Gasteiger charge is -2.43. The van der Waals surface area contributed by atoms with Gasteiger partial charge in [0.25, 0.3) is 0 Å². The number of nitrogens with zero attached hydrogens (tertiary/aromatic N) is 1. The fourth-order valence-corrected chi connectivity index (χ4v) is 3.37. The summed E-state index contributed by atoms with van der Waals surface area (Å²) in [6.45, 7) is 5.93. The SMILES string of the molecule is CNC(c1ccccc1C(F)(F)F)C(C)(C)N1CCCC1. The summed E-state index contributed by atoms with van der Waals surface area (Å²) in [6, 6.07) is 5.51. The molecular weight excluding hydrogens is 277 g/mol. The molecule has 0 bridgehead atoms. The number of nitrogens with one attached hydrogen (secondary N) is 1. The molecule has 1 fully saturated rings.